The SMILES string of the molecule is CCC1(C(=O)O)CCCN(S(=O)(=O)c2cccnc2)C1. The molecule has 0 amide bonds. The smallest absolute Gasteiger partial charge is 0.310 e. The van der Waals surface area contributed by atoms with Crippen LogP contribution in [0.25, 0.3) is 0 Å². The van der Waals surface area contributed by atoms with Crippen LogP contribution in [0.1, 0.15) is 26.2 Å². The Morgan fingerprint density at radius 2 is 2.30 bits per heavy atom. The summed E-state index contributed by atoms with van der Waals surface area (Å²) in [6.45, 7) is 2.16. The molecule has 7 heteroatoms. The lowest BCUT2D eigenvalue weighted by Crippen LogP contribution is -2.49. The van der Waals surface area contributed by atoms with Crippen molar-refractivity contribution < 1.29 is 18.3 Å². The first-order chi connectivity index (χ1) is 9.42. The molecule has 1 aromatic rings. The minimum Gasteiger partial charge on any atom is -0.481 e. The summed E-state index contributed by atoms with van der Waals surface area (Å²) < 4.78 is 26.3. The van der Waals surface area contributed by atoms with Gasteiger partial charge in [0.25, 0.3) is 0 Å². The largest absolute Gasteiger partial charge is 0.481 e. The molecule has 20 heavy (non-hydrogen) atoms. The summed E-state index contributed by atoms with van der Waals surface area (Å²) in [6.07, 6.45) is 4.28. The van der Waals surface area contributed by atoms with Gasteiger partial charge in [-0.2, -0.15) is 4.31 Å². The standard InChI is InChI=1S/C13H18N2O4S/c1-2-13(12(16)17)6-4-8-15(10-13)20(18,19)11-5-3-7-14-9-11/h3,5,7,9H,2,4,6,8,10H2,1H3,(H,16,17). The van der Waals surface area contributed by atoms with Crippen LogP contribution in [-0.2, 0) is 14.8 Å². The Morgan fingerprint density at radius 1 is 1.55 bits per heavy atom. The highest BCUT2D eigenvalue weighted by atomic mass is 32.2. The molecule has 0 bridgehead atoms. The third kappa shape index (κ3) is 2.55. The summed E-state index contributed by atoms with van der Waals surface area (Å²) in [6, 6.07) is 3.03. The molecule has 0 spiro atoms. The maximum absolute atomic E-state index is 12.5. The first-order valence-electron chi connectivity index (χ1n) is 6.56. The molecule has 1 N–H and O–H groups in total. The highest BCUT2D eigenvalue weighted by Gasteiger charge is 2.44. The molecular formula is C13H18N2O4S. The van der Waals surface area contributed by atoms with Crippen LogP contribution in [0.15, 0.2) is 29.4 Å². The molecule has 1 saturated heterocycles. The zero-order valence-electron chi connectivity index (χ0n) is 11.3. The summed E-state index contributed by atoms with van der Waals surface area (Å²) in [7, 11) is -3.67. The van der Waals surface area contributed by atoms with E-state index in [0.717, 1.165) is 0 Å². The van der Waals surface area contributed by atoms with Crippen molar-refractivity contribution in [3.05, 3.63) is 24.5 Å². The summed E-state index contributed by atoms with van der Waals surface area (Å²) in [5, 5.41) is 9.41. The molecule has 6 nitrogen and oxygen atoms in total. The van der Waals surface area contributed by atoms with Crippen molar-refractivity contribution >= 4 is 16.0 Å². The summed E-state index contributed by atoms with van der Waals surface area (Å²) >= 11 is 0. The normalized spacial score (nSPS) is 24.4. The van der Waals surface area contributed by atoms with Gasteiger partial charge >= 0.3 is 5.97 Å². The molecule has 1 aliphatic rings. The Morgan fingerprint density at radius 3 is 2.85 bits per heavy atom. The highest BCUT2D eigenvalue weighted by molar-refractivity contribution is 7.89. The zero-order chi connectivity index (χ0) is 14.8. The van der Waals surface area contributed by atoms with Gasteiger partial charge in [0.1, 0.15) is 4.90 Å². The number of hydrogen-bond acceptors (Lipinski definition) is 4. The number of aliphatic carboxylic acids is 1. The van der Waals surface area contributed by atoms with Gasteiger partial charge < -0.3 is 5.11 Å². The summed E-state index contributed by atoms with van der Waals surface area (Å²) in [5.41, 5.74) is -0.979. The molecule has 0 aliphatic carbocycles. The minimum atomic E-state index is -3.67. The number of carbonyl (C=O) groups is 1. The maximum Gasteiger partial charge on any atom is 0.310 e. The van der Waals surface area contributed by atoms with Gasteiger partial charge in [0.2, 0.25) is 10.0 Å². The number of pyridine rings is 1. The lowest BCUT2D eigenvalue weighted by molar-refractivity contribution is -0.151. The third-order valence-electron chi connectivity index (χ3n) is 3.94. The van der Waals surface area contributed by atoms with Gasteiger partial charge in [-0.15, -0.1) is 0 Å². The van der Waals surface area contributed by atoms with Crippen LogP contribution >= 0.6 is 0 Å². The summed E-state index contributed by atoms with van der Waals surface area (Å²) in [5.74, 6) is -0.925. The number of carboxylic acid groups (broad SMARTS) is 1. The molecule has 0 saturated carbocycles. The van der Waals surface area contributed by atoms with Crippen molar-refractivity contribution in [2.75, 3.05) is 13.1 Å². The molecule has 0 aromatic carbocycles. The van der Waals surface area contributed by atoms with E-state index in [9.17, 15) is 18.3 Å². The van der Waals surface area contributed by atoms with E-state index in [2.05, 4.69) is 4.98 Å². The zero-order valence-corrected chi connectivity index (χ0v) is 12.1. The first kappa shape index (κ1) is 14.9. The Bertz CT molecular complexity index is 588. The lowest BCUT2D eigenvalue weighted by atomic mass is 9.78. The van der Waals surface area contributed by atoms with Crippen molar-refractivity contribution in [3.63, 3.8) is 0 Å². The van der Waals surface area contributed by atoms with Crippen LogP contribution < -0.4 is 0 Å². The van der Waals surface area contributed by atoms with E-state index < -0.39 is 21.4 Å². The van der Waals surface area contributed by atoms with E-state index in [0.29, 0.717) is 25.8 Å². The van der Waals surface area contributed by atoms with Gasteiger partial charge in [0.05, 0.1) is 5.41 Å². The molecule has 1 atom stereocenters. The third-order valence-corrected chi connectivity index (χ3v) is 5.77. The molecule has 2 rings (SSSR count). The molecule has 2 heterocycles. The van der Waals surface area contributed by atoms with Gasteiger partial charge in [-0.3, -0.25) is 9.78 Å². The molecule has 1 aromatic heterocycles. The Hall–Kier alpha value is -1.47. The number of hydrogen-bond donors (Lipinski definition) is 1. The van der Waals surface area contributed by atoms with Crippen molar-refractivity contribution in [3.8, 4) is 0 Å². The second-order valence-corrected chi connectivity index (χ2v) is 7.01. The van der Waals surface area contributed by atoms with Crippen LogP contribution in [0.5, 0.6) is 0 Å². The second kappa shape index (κ2) is 5.49. The second-order valence-electron chi connectivity index (χ2n) is 5.07. The van der Waals surface area contributed by atoms with Gasteiger partial charge in [-0.1, -0.05) is 6.92 Å². The van der Waals surface area contributed by atoms with Crippen LogP contribution in [0.3, 0.4) is 0 Å². The first-order valence-corrected chi connectivity index (χ1v) is 8.00. The molecular weight excluding hydrogens is 280 g/mol. The number of carboxylic acids is 1. The van der Waals surface area contributed by atoms with Crippen LogP contribution in [-0.4, -0.2) is 41.9 Å². The highest BCUT2D eigenvalue weighted by Crippen LogP contribution is 2.35. The van der Waals surface area contributed by atoms with Crippen LogP contribution in [0, 0.1) is 5.41 Å². The van der Waals surface area contributed by atoms with E-state index in [-0.39, 0.29) is 11.4 Å². The molecule has 110 valence electrons. The average molecular weight is 298 g/mol. The Kier molecular flexibility index (Phi) is 4.10. The fraction of sp³-hybridized carbons (Fsp3) is 0.538. The van der Waals surface area contributed by atoms with E-state index in [1.807, 2.05) is 0 Å². The average Bonchev–Trinajstić information content (AvgIpc) is 2.48. The maximum atomic E-state index is 12.5. The van der Waals surface area contributed by atoms with E-state index >= 15 is 0 Å². The number of aromatic nitrogens is 1. The predicted octanol–water partition coefficient (Wildman–Crippen LogP) is 1.35. The van der Waals surface area contributed by atoms with E-state index in [1.54, 1.807) is 13.0 Å². The van der Waals surface area contributed by atoms with Gasteiger partial charge in [-0.25, -0.2) is 8.42 Å². The van der Waals surface area contributed by atoms with Gasteiger partial charge in [-0.05, 0) is 31.4 Å². The monoisotopic (exact) mass is 298 g/mol. The van der Waals surface area contributed by atoms with E-state index in [1.165, 1.54) is 22.8 Å². The van der Waals surface area contributed by atoms with Crippen molar-refractivity contribution in [1.82, 2.24) is 9.29 Å². The number of sulfonamides is 1. The number of nitrogens with zero attached hydrogens (tertiary/aromatic N) is 2. The van der Waals surface area contributed by atoms with Crippen LogP contribution in [0.2, 0.25) is 0 Å². The topological polar surface area (TPSA) is 87.6 Å². The lowest BCUT2D eigenvalue weighted by Gasteiger charge is -2.38. The van der Waals surface area contributed by atoms with E-state index in [4.69, 9.17) is 0 Å². The molecule has 1 aliphatic heterocycles. The predicted molar refractivity (Wildman–Crippen MR) is 72.6 cm³/mol. The van der Waals surface area contributed by atoms with Gasteiger partial charge in [0.15, 0.2) is 0 Å². The Balaban J connectivity index is 2.32. The van der Waals surface area contributed by atoms with Crippen LogP contribution in [0.4, 0.5) is 0 Å². The molecule has 0 radical (unpaired) electrons. The quantitative estimate of drug-likeness (QED) is 0.906. The molecule has 1 fully saturated rings. The summed E-state index contributed by atoms with van der Waals surface area (Å²) in [4.78, 5) is 15.4. The number of rotatable bonds is 4. The van der Waals surface area contributed by atoms with Crippen molar-refractivity contribution in [1.29, 1.82) is 0 Å². The Labute approximate surface area is 118 Å². The van der Waals surface area contributed by atoms with Gasteiger partial charge in [0, 0.05) is 25.5 Å². The number of piperidine rings is 1. The fourth-order valence-corrected chi connectivity index (χ4v) is 4.09. The van der Waals surface area contributed by atoms with Crippen molar-refractivity contribution in [2.45, 2.75) is 31.1 Å². The minimum absolute atomic E-state index is 0.0239. The fourth-order valence-electron chi connectivity index (χ4n) is 2.56. The molecule has 1 unspecified atom stereocenters. The van der Waals surface area contributed by atoms with Crippen molar-refractivity contribution in [2.24, 2.45) is 5.41 Å².